The van der Waals surface area contributed by atoms with Gasteiger partial charge in [-0.1, -0.05) is 25.0 Å². The third-order valence-corrected chi connectivity index (χ3v) is 5.16. The highest BCUT2D eigenvalue weighted by molar-refractivity contribution is 6.21. The van der Waals surface area contributed by atoms with Crippen molar-refractivity contribution in [2.75, 3.05) is 19.6 Å². The molecule has 2 aliphatic heterocycles. The maximum atomic E-state index is 12.4. The van der Waals surface area contributed by atoms with Crippen LogP contribution in [0.2, 0.25) is 0 Å². The molecule has 2 aliphatic rings. The van der Waals surface area contributed by atoms with E-state index in [0.29, 0.717) is 36.4 Å². The van der Waals surface area contributed by atoms with Crippen molar-refractivity contribution < 1.29 is 14.4 Å². The number of hydrogen-bond acceptors (Lipinski definition) is 3. The summed E-state index contributed by atoms with van der Waals surface area (Å²) >= 11 is 0. The standard InChI is InChI=1S/C20H26N2O3/c1-14-8-9-16-17(12-14)20(25)22(19(16)24)11-5-7-18(23)21-10-4-3-6-15(2)13-21/h8-9,12,15H,3-7,10-11,13H2,1-2H3. The van der Waals surface area contributed by atoms with Gasteiger partial charge in [-0.15, -0.1) is 0 Å². The molecule has 3 amide bonds. The highest BCUT2D eigenvalue weighted by Crippen LogP contribution is 2.24. The molecule has 3 rings (SSSR count). The Balaban J connectivity index is 1.55. The van der Waals surface area contributed by atoms with Crippen LogP contribution in [0.4, 0.5) is 0 Å². The molecule has 1 aromatic carbocycles. The summed E-state index contributed by atoms with van der Waals surface area (Å²) in [5.74, 6) is 0.211. The van der Waals surface area contributed by atoms with Crippen molar-refractivity contribution in [3.8, 4) is 0 Å². The third kappa shape index (κ3) is 3.75. The van der Waals surface area contributed by atoms with Crippen molar-refractivity contribution >= 4 is 17.7 Å². The summed E-state index contributed by atoms with van der Waals surface area (Å²) < 4.78 is 0. The van der Waals surface area contributed by atoms with E-state index in [4.69, 9.17) is 0 Å². The summed E-state index contributed by atoms with van der Waals surface area (Å²) in [6.45, 7) is 6.05. The Labute approximate surface area is 149 Å². The molecule has 1 unspecified atom stereocenters. The molecule has 1 atom stereocenters. The van der Waals surface area contributed by atoms with Crippen LogP contribution >= 0.6 is 0 Å². The second-order valence-corrected chi connectivity index (χ2v) is 7.36. The number of rotatable bonds is 4. The Morgan fingerprint density at radius 1 is 1.16 bits per heavy atom. The van der Waals surface area contributed by atoms with Gasteiger partial charge in [0.25, 0.3) is 11.8 Å². The van der Waals surface area contributed by atoms with Gasteiger partial charge in [0, 0.05) is 26.1 Å². The van der Waals surface area contributed by atoms with Gasteiger partial charge in [-0.25, -0.2) is 0 Å². The normalized spacial score (nSPS) is 20.6. The molecule has 134 valence electrons. The fraction of sp³-hybridized carbons (Fsp3) is 0.550. The van der Waals surface area contributed by atoms with Gasteiger partial charge < -0.3 is 4.90 Å². The smallest absolute Gasteiger partial charge is 0.261 e. The van der Waals surface area contributed by atoms with Crippen molar-refractivity contribution in [2.45, 2.75) is 46.0 Å². The van der Waals surface area contributed by atoms with Gasteiger partial charge in [-0.05, 0) is 44.2 Å². The number of hydrogen-bond donors (Lipinski definition) is 0. The molecule has 0 saturated carbocycles. The summed E-state index contributed by atoms with van der Waals surface area (Å²) in [5.41, 5.74) is 1.92. The number of imide groups is 1. The van der Waals surface area contributed by atoms with Gasteiger partial charge >= 0.3 is 0 Å². The van der Waals surface area contributed by atoms with Crippen LogP contribution in [0.5, 0.6) is 0 Å². The van der Waals surface area contributed by atoms with E-state index in [1.54, 1.807) is 12.1 Å². The molecule has 0 aliphatic carbocycles. The zero-order valence-corrected chi connectivity index (χ0v) is 15.1. The lowest BCUT2D eigenvalue weighted by atomic mass is 10.1. The molecule has 5 heteroatoms. The minimum Gasteiger partial charge on any atom is -0.342 e. The Hall–Kier alpha value is -2.17. The number of fused-ring (bicyclic) bond motifs is 1. The number of likely N-dealkylation sites (tertiary alicyclic amines) is 1. The summed E-state index contributed by atoms with van der Waals surface area (Å²) in [4.78, 5) is 40.5. The molecular formula is C20H26N2O3. The largest absolute Gasteiger partial charge is 0.342 e. The van der Waals surface area contributed by atoms with E-state index in [0.717, 1.165) is 25.1 Å². The summed E-state index contributed by atoms with van der Waals surface area (Å²) in [6.07, 6.45) is 4.33. The van der Waals surface area contributed by atoms with E-state index in [9.17, 15) is 14.4 Å². The molecule has 0 spiro atoms. The topological polar surface area (TPSA) is 57.7 Å². The fourth-order valence-electron chi connectivity index (χ4n) is 3.73. The minimum atomic E-state index is -0.240. The molecule has 0 bridgehead atoms. The number of nitrogens with zero attached hydrogens (tertiary/aromatic N) is 2. The first-order chi connectivity index (χ1) is 12.0. The van der Waals surface area contributed by atoms with Crippen molar-refractivity contribution in [3.05, 3.63) is 34.9 Å². The first kappa shape index (κ1) is 17.6. The molecule has 0 N–H and O–H groups in total. The monoisotopic (exact) mass is 342 g/mol. The Bertz CT molecular complexity index is 698. The zero-order valence-electron chi connectivity index (χ0n) is 15.1. The lowest BCUT2D eigenvalue weighted by Gasteiger charge is -2.23. The van der Waals surface area contributed by atoms with Gasteiger partial charge in [-0.2, -0.15) is 0 Å². The molecule has 0 radical (unpaired) electrons. The van der Waals surface area contributed by atoms with E-state index in [1.165, 1.54) is 17.7 Å². The van der Waals surface area contributed by atoms with Crippen LogP contribution < -0.4 is 0 Å². The molecule has 1 fully saturated rings. The van der Waals surface area contributed by atoms with Gasteiger partial charge in [0.1, 0.15) is 0 Å². The predicted octanol–water partition coefficient (Wildman–Crippen LogP) is 3.02. The Kier molecular flexibility index (Phi) is 5.21. The van der Waals surface area contributed by atoms with E-state index < -0.39 is 0 Å². The number of carbonyl (C=O) groups is 3. The number of carbonyl (C=O) groups excluding carboxylic acids is 3. The highest BCUT2D eigenvalue weighted by Gasteiger charge is 2.35. The summed E-state index contributed by atoms with van der Waals surface area (Å²) in [7, 11) is 0. The van der Waals surface area contributed by atoms with Crippen LogP contribution in [0, 0.1) is 12.8 Å². The molecule has 1 saturated heterocycles. The second-order valence-electron chi connectivity index (χ2n) is 7.36. The average Bonchev–Trinajstić information content (AvgIpc) is 2.74. The quantitative estimate of drug-likeness (QED) is 0.790. The van der Waals surface area contributed by atoms with Crippen molar-refractivity contribution in [1.29, 1.82) is 0 Å². The van der Waals surface area contributed by atoms with E-state index in [-0.39, 0.29) is 17.7 Å². The number of benzene rings is 1. The van der Waals surface area contributed by atoms with E-state index in [1.807, 2.05) is 17.9 Å². The van der Waals surface area contributed by atoms with Gasteiger partial charge in [0.05, 0.1) is 11.1 Å². The van der Waals surface area contributed by atoms with Crippen LogP contribution in [0.15, 0.2) is 18.2 Å². The van der Waals surface area contributed by atoms with Gasteiger partial charge in [0.15, 0.2) is 0 Å². The SMILES string of the molecule is Cc1ccc2c(c1)C(=O)N(CCCC(=O)N1CCCCC(C)C1)C2=O. The van der Waals surface area contributed by atoms with Gasteiger partial charge in [-0.3, -0.25) is 19.3 Å². The minimum absolute atomic E-state index is 0.140. The van der Waals surface area contributed by atoms with Crippen LogP contribution in [0.3, 0.4) is 0 Å². The van der Waals surface area contributed by atoms with Crippen LogP contribution in [-0.4, -0.2) is 47.2 Å². The molecule has 0 aromatic heterocycles. The zero-order chi connectivity index (χ0) is 18.0. The number of amides is 3. The Morgan fingerprint density at radius 3 is 2.72 bits per heavy atom. The summed E-state index contributed by atoms with van der Waals surface area (Å²) in [5, 5.41) is 0. The maximum absolute atomic E-state index is 12.4. The Morgan fingerprint density at radius 2 is 1.92 bits per heavy atom. The average molecular weight is 342 g/mol. The first-order valence-corrected chi connectivity index (χ1v) is 9.22. The lowest BCUT2D eigenvalue weighted by Crippen LogP contribution is -2.35. The van der Waals surface area contributed by atoms with Crippen LogP contribution in [0.25, 0.3) is 0 Å². The van der Waals surface area contributed by atoms with Crippen molar-refractivity contribution in [2.24, 2.45) is 5.92 Å². The van der Waals surface area contributed by atoms with Crippen LogP contribution in [0.1, 0.15) is 65.3 Å². The van der Waals surface area contributed by atoms with Crippen molar-refractivity contribution in [1.82, 2.24) is 9.80 Å². The van der Waals surface area contributed by atoms with E-state index >= 15 is 0 Å². The van der Waals surface area contributed by atoms with E-state index in [2.05, 4.69) is 6.92 Å². The maximum Gasteiger partial charge on any atom is 0.261 e. The second kappa shape index (κ2) is 7.38. The molecule has 2 heterocycles. The molecule has 1 aromatic rings. The fourth-order valence-corrected chi connectivity index (χ4v) is 3.73. The number of aryl methyl sites for hydroxylation is 1. The third-order valence-electron chi connectivity index (χ3n) is 5.16. The first-order valence-electron chi connectivity index (χ1n) is 9.22. The van der Waals surface area contributed by atoms with Crippen molar-refractivity contribution in [3.63, 3.8) is 0 Å². The van der Waals surface area contributed by atoms with Crippen LogP contribution in [-0.2, 0) is 4.79 Å². The van der Waals surface area contributed by atoms with Gasteiger partial charge in [0.2, 0.25) is 5.91 Å². The molecular weight excluding hydrogens is 316 g/mol. The predicted molar refractivity (Wildman–Crippen MR) is 95.4 cm³/mol. The highest BCUT2D eigenvalue weighted by atomic mass is 16.2. The molecule has 25 heavy (non-hydrogen) atoms. The summed E-state index contributed by atoms with van der Waals surface area (Å²) in [6, 6.07) is 5.32. The lowest BCUT2D eigenvalue weighted by molar-refractivity contribution is -0.131. The molecule has 5 nitrogen and oxygen atoms in total.